The molecule has 0 saturated carbocycles. The van der Waals surface area contributed by atoms with Gasteiger partial charge < -0.3 is 14.5 Å². The number of pyridine rings is 1. The Kier molecular flexibility index (Phi) is 4.82. The lowest BCUT2D eigenvalue weighted by molar-refractivity contribution is -0.141. The molecule has 1 atom stereocenters. The molecule has 1 aromatic carbocycles. The minimum Gasteiger partial charge on any atom is -0.497 e. The van der Waals surface area contributed by atoms with Crippen molar-refractivity contribution in [2.75, 3.05) is 7.11 Å². The molecule has 3 rings (SSSR count). The number of hydrogen-bond donors (Lipinski definition) is 1. The minimum absolute atomic E-state index is 0.0206. The number of carbonyl (C=O) groups excluding carboxylic acids is 1. The van der Waals surface area contributed by atoms with Crippen LogP contribution in [0, 0.1) is 0 Å². The second-order valence-electron chi connectivity index (χ2n) is 6.15. The van der Waals surface area contributed by atoms with E-state index in [4.69, 9.17) is 9.47 Å². The Labute approximate surface area is 152 Å². The van der Waals surface area contributed by atoms with Gasteiger partial charge in [0.2, 0.25) is 0 Å². The van der Waals surface area contributed by atoms with Crippen molar-refractivity contribution in [1.82, 2.24) is 4.98 Å². The average molecular weight is 379 g/mol. The van der Waals surface area contributed by atoms with E-state index in [9.17, 15) is 22.8 Å². The molecule has 0 saturated heterocycles. The third kappa shape index (κ3) is 3.89. The van der Waals surface area contributed by atoms with Crippen molar-refractivity contribution in [1.29, 1.82) is 0 Å². The van der Waals surface area contributed by atoms with Gasteiger partial charge in [-0.05, 0) is 43.3 Å². The van der Waals surface area contributed by atoms with Crippen LogP contribution in [0.5, 0.6) is 11.5 Å². The van der Waals surface area contributed by atoms with E-state index < -0.39 is 23.2 Å². The number of allylic oxidation sites excluding steroid dienone is 1. The Hall–Kier alpha value is -3.03. The van der Waals surface area contributed by atoms with Crippen LogP contribution in [0.3, 0.4) is 0 Å². The summed E-state index contributed by atoms with van der Waals surface area (Å²) in [6.07, 6.45) is -1.43. The van der Waals surface area contributed by atoms with Crippen LogP contribution >= 0.6 is 0 Å². The van der Waals surface area contributed by atoms with Crippen molar-refractivity contribution in [2.45, 2.75) is 25.6 Å². The number of aromatic amines is 1. The van der Waals surface area contributed by atoms with Gasteiger partial charge in [0.05, 0.1) is 12.7 Å². The lowest BCUT2D eigenvalue weighted by Crippen LogP contribution is -2.21. The number of alkyl halides is 3. The average Bonchev–Trinajstić information content (AvgIpc) is 2.98. The van der Waals surface area contributed by atoms with Gasteiger partial charge in [0, 0.05) is 17.5 Å². The molecule has 0 spiro atoms. The molecule has 142 valence electrons. The molecule has 0 bridgehead atoms. The lowest BCUT2D eigenvalue weighted by atomic mass is 10.0. The first-order chi connectivity index (χ1) is 12.7. The maximum Gasteiger partial charge on any atom is 0.431 e. The monoisotopic (exact) mass is 379 g/mol. The van der Waals surface area contributed by atoms with Gasteiger partial charge in [-0.1, -0.05) is 0 Å². The quantitative estimate of drug-likeness (QED) is 0.651. The summed E-state index contributed by atoms with van der Waals surface area (Å²) in [6, 6.07) is 5.05. The van der Waals surface area contributed by atoms with E-state index in [0.717, 1.165) is 17.7 Å². The second-order valence-corrected chi connectivity index (χ2v) is 6.15. The Morgan fingerprint density at radius 3 is 2.70 bits per heavy atom. The molecule has 1 unspecified atom stereocenters. The molecule has 1 aromatic heterocycles. The van der Waals surface area contributed by atoms with E-state index in [1.54, 1.807) is 11.1 Å². The highest BCUT2D eigenvalue weighted by Gasteiger charge is 2.32. The first-order valence-corrected chi connectivity index (χ1v) is 8.09. The molecular weight excluding hydrogens is 363 g/mol. The van der Waals surface area contributed by atoms with Gasteiger partial charge in [0.1, 0.15) is 23.3 Å². The number of aromatic nitrogens is 1. The van der Waals surface area contributed by atoms with Crippen LogP contribution in [0.15, 0.2) is 35.1 Å². The number of halogens is 3. The zero-order chi connectivity index (χ0) is 19.8. The Bertz CT molecular complexity index is 976. The fraction of sp³-hybridized carbons (Fsp3) is 0.263. The number of carbonyl (C=O) groups is 1. The van der Waals surface area contributed by atoms with Gasteiger partial charge in [-0.2, -0.15) is 13.2 Å². The number of benzene rings is 1. The fourth-order valence-corrected chi connectivity index (χ4v) is 2.86. The lowest BCUT2D eigenvalue weighted by Gasteiger charge is -2.08. The van der Waals surface area contributed by atoms with Gasteiger partial charge in [-0.25, -0.2) is 0 Å². The number of hydrogen-bond acceptors (Lipinski definition) is 4. The van der Waals surface area contributed by atoms with E-state index in [-0.39, 0.29) is 11.7 Å². The van der Waals surface area contributed by atoms with E-state index in [1.807, 2.05) is 13.0 Å². The topological polar surface area (TPSA) is 68.4 Å². The van der Waals surface area contributed by atoms with Gasteiger partial charge in [-0.15, -0.1) is 0 Å². The molecule has 0 amide bonds. The largest absolute Gasteiger partial charge is 0.497 e. The second kappa shape index (κ2) is 6.94. The SMILES string of the molecule is COc1cc(C=CC(=O)c2ccc(C(F)(F)F)[nH]c2=O)c2c(c1)CC(C)O2. The van der Waals surface area contributed by atoms with Gasteiger partial charge in [0.15, 0.2) is 5.78 Å². The molecule has 27 heavy (non-hydrogen) atoms. The predicted molar refractivity (Wildman–Crippen MR) is 92.2 cm³/mol. The highest BCUT2D eigenvalue weighted by molar-refractivity contribution is 6.06. The van der Waals surface area contributed by atoms with Crippen LogP contribution < -0.4 is 15.0 Å². The van der Waals surface area contributed by atoms with Crippen LogP contribution in [0.1, 0.15) is 34.1 Å². The Morgan fingerprint density at radius 1 is 1.33 bits per heavy atom. The normalized spacial score (nSPS) is 16.3. The summed E-state index contributed by atoms with van der Waals surface area (Å²) in [4.78, 5) is 25.8. The molecule has 2 aromatic rings. The summed E-state index contributed by atoms with van der Waals surface area (Å²) in [5, 5.41) is 0. The van der Waals surface area contributed by atoms with Crippen molar-refractivity contribution < 1.29 is 27.4 Å². The molecule has 0 radical (unpaired) electrons. The number of ether oxygens (including phenoxy) is 2. The van der Waals surface area contributed by atoms with Crippen LogP contribution in [0.2, 0.25) is 0 Å². The van der Waals surface area contributed by atoms with Gasteiger partial charge in [-0.3, -0.25) is 9.59 Å². The summed E-state index contributed by atoms with van der Waals surface area (Å²) in [6.45, 7) is 1.91. The fourth-order valence-electron chi connectivity index (χ4n) is 2.86. The predicted octanol–water partition coefficient (Wildman–Crippen LogP) is 3.62. The minimum atomic E-state index is -4.69. The molecule has 8 heteroatoms. The standard InChI is InChI=1S/C19H16F3NO4/c1-10-7-12-9-13(26-2)8-11(17(12)27-10)3-5-15(24)14-4-6-16(19(20,21)22)23-18(14)25/h3-6,8-10H,7H2,1-2H3,(H,23,25). The molecular formula is C19H16F3NO4. The molecule has 1 aliphatic heterocycles. The maximum absolute atomic E-state index is 12.6. The molecule has 0 fully saturated rings. The molecule has 2 heterocycles. The highest BCUT2D eigenvalue weighted by atomic mass is 19.4. The van der Waals surface area contributed by atoms with E-state index in [0.29, 0.717) is 29.5 Å². The first kappa shape index (κ1) is 18.8. The van der Waals surface area contributed by atoms with Crippen molar-refractivity contribution in [3.8, 4) is 11.5 Å². The number of H-pyrrole nitrogens is 1. The van der Waals surface area contributed by atoms with Gasteiger partial charge >= 0.3 is 6.18 Å². The molecule has 1 aliphatic rings. The van der Waals surface area contributed by atoms with Crippen molar-refractivity contribution >= 4 is 11.9 Å². The summed E-state index contributed by atoms with van der Waals surface area (Å²) < 4.78 is 48.8. The van der Waals surface area contributed by atoms with Crippen LogP contribution in [-0.2, 0) is 12.6 Å². The van der Waals surface area contributed by atoms with E-state index >= 15 is 0 Å². The van der Waals surface area contributed by atoms with E-state index in [2.05, 4.69) is 0 Å². The number of methoxy groups -OCH3 is 1. The summed E-state index contributed by atoms with van der Waals surface area (Å²) in [5.74, 6) is 0.493. The maximum atomic E-state index is 12.6. The van der Waals surface area contributed by atoms with E-state index in [1.165, 1.54) is 13.2 Å². The first-order valence-electron chi connectivity index (χ1n) is 8.09. The number of rotatable bonds is 4. The zero-order valence-corrected chi connectivity index (χ0v) is 14.5. The Morgan fingerprint density at radius 2 is 2.07 bits per heavy atom. The Balaban J connectivity index is 1.90. The summed E-state index contributed by atoms with van der Waals surface area (Å²) >= 11 is 0. The third-order valence-corrected chi connectivity index (χ3v) is 4.12. The molecule has 1 N–H and O–H groups in total. The smallest absolute Gasteiger partial charge is 0.431 e. The van der Waals surface area contributed by atoms with Crippen molar-refractivity contribution in [3.63, 3.8) is 0 Å². The van der Waals surface area contributed by atoms with Gasteiger partial charge in [0.25, 0.3) is 5.56 Å². The summed E-state index contributed by atoms with van der Waals surface area (Å²) in [7, 11) is 1.52. The summed E-state index contributed by atoms with van der Waals surface area (Å²) in [5.41, 5.74) is -1.17. The highest BCUT2D eigenvalue weighted by Crippen LogP contribution is 2.37. The molecule has 0 aliphatic carbocycles. The number of ketones is 1. The zero-order valence-electron chi connectivity index (χ0n) is 14.5. The van der Waals surface area contributed by atoms with Crippen molar-refractivity contribution in [2.24, 2.45) is 0 Å². The van der Waals surface area contributed by atoms with Crippen LogP contribution in [-0.4, -0.2) is 24.0 Å². The van der Waals surface area contributed by atoms with Crippen molar-refractivity contribution in [3.05, 3.63) is 63.1 Å². The molecule has 5 nitrogen and oxygen atoms in total. The van der Waals surface area contributed by atoms with Crippen LogP contribution in [0.25, 0.3) is 6.08 Å². The number of nitrogens with one attached hydrogen (secondary N) is 1. The number of fused-ring (bicyclic) bond motifs is 1. The van der Waals surface area contributed by atoms with Crippen LogP contribution in [0.4, 0.5) is 13.2 Å². The third-order valence-electron chi connectivity index (χ3n) is 4.12.